The van der Waals surface area contributed by atoms with E-state index in [2.05, 4.69) is 42.7 Å². The van der Waals surface area contributed by atoms with Crippen LogP contribution in [-0.2, 0) is 0 Å². The number of nitrogens with one attached hydrogen (secondary N) is 2. The van der Waals surface area contributed by atoms with Crippen molar-refractivity contribution in [2.24, 2.45) is 5.92 Å². The van der Waals surface area contributed by atoms with E-state index in [4.69, 9.17) is 0 Å². The van der Waals surface area contributed by atoms with Gasteiger partial charge in [-0.3, -0.25) is 4.79 Å². The highest BCUT2D eigenvalue weighted by Gasteiger charge is 2.17. The summed E-state index contributed by atoms with van der Waals surface area (Å²) in [7, 11) is 0. The lowest BCUT2D eigenvalue weighted by Crippen LogP contribution is -2.33. The molecule has 8 nitrogen and oxygen atoms in total. The zero-order valence-corrected chi connectivity index (χ0v) is 15.1. The molecule has 1 amide bonds. The number of carbonyl (C=O) groups is 1. The first kappa shape index (κ1) is 17.1. The molecule has 4 rings (SSSR count). The molecule has 0 aliphatic carbocycles. The van der Waals surface area contributed by atoms with Crippen LogP contribution in [0.15, 0.2) is 42.6 Å². The summed E-state index contributed by atoms with van der Waals surface area (Å²) >= 11 is 0. The fraction of sp³-hybridized carbons (Fsp3) is 0.316. The number of tetrazole rings is 1. The van der Waals surface area contributed by atoms with Crippen LogP contribution in [-0.4, -0.2) is 44.6 Å². The van der Waals surface area contributed by atoms with Gasteiger partial charge in [-0.15, -0.1) is 10.2 Å². The predicted molar refractivity (Wildman–Crippen MR) is 102 cm³/mol. The molecule has 0 spiro atoms. The highest BCUT2D eigenvalue weighted by molar-refractivity contribution is 6.04. The minimum Gasteiger partial charge on any atom is -0.357 e. The maximum absolute atomic E-state index is 12.5. The van der Waals surface area contributed by atoms with Gasteiger partial charge in [0.2, 0.25) is 5.82 Å². The first-order valence-electron chi connectivity index (χ1n) is 9.05. The topological polar surface area (TPSA) is 99.7 Å². The summed E-state index contributed by atoms with van der Waals surface area (Å²) < 4.78 is 0. The summed E-state index contributed by atoms with van der Waals surface area (Å²) in [6.07, 6.45) is 4.00. The lowest BCUT2D eigenvalue weighted by molar-refractivity contribution is 0.102. The Morgan fingerprint density at radius 2 is 1.93 bits per heavy atom. The van der Waals surface area contributed by atoms with Crippen molar-refractivity contribution in [1.82, 2.24) is 25.6 Å². The summed E-state index contributed by atoms with van der Waals surface area (Å²) in [5.41, 5.74) is 2.05. The van der Waals surface area contributed by atoms with Crippen LogP contribution in [0, 0.1) is 5.92 Å². The molecule has 1 aliphatic heterocycles. The molecule has 2 N–H and O–H groups in total. The van der Waals surface area contributed by atoms with Crippen LogP contribution in [0.4, 0.5) is 11.5 Å². The van der Waals surface area contributed by atoms with E-state index in [-0.39, 0.29) is 5.91 Å². The van der Waals surface area contributed by atoms with Crippen molar-refractivity contribution in [2.45, 2.75) is 19.8 Å². The lowest BCUT2D eigenvalue weighted by Gasteiger charge is -2.31. The number of aromatic amines is 1. The summed E-state index contributed by atoms with van der Waals surface area (Å²) in [6, 6.07) is 11.0. The zero-order valence-electron chi connectivity index (χ0n) is 15.1. The molecule has 138 valence electrons. The fourth-order valence-corrected chi connectivity index (χ4v) is 3.14. The van der Waals surface area contributed by atoms with Crippen molar-refractivity contribution < 1.29 is 4.79 Å². The van der Waals surface area contributed by atoms with Crippen LogP contribution in [0.25, 0.3) is 11.4 Å². The molecular formula is C19H21N7O. The normalized spacial score (nSPS) is 14.9. The van der Waals surface area contributed by atoms with Gasteiger partial charge in [0.05, 0.1) is 5.56 Å². The van der Waals surface area contributed by atoms with E-state index >= 15 is 0 Å². The zero-order chi connectivity index (χ0) is 18.6. The third-order valence-electron chi connectivity index (χ3n) is 4.86. The van der Waals surface area contributed by atoms with Crippen LogP contribution in [0.5, 0.6) is 0 Å². The van der Waals surface area contributed by atoms with Crippen LogP contribution >= 0.6 is 0 Å². The monoisotopic (exact) mass is 363 g/mol. The molecule has 0 radical (unpaired) electrons. The highest BCUT2D eigenvalue weighted by Crippen LogP contribution is 2.22. The summed E-state index contributed by atoms with van der Waals surface area (Å²) in [6.45, 7) is 4.33. The molecular weight excluding hydrogens is 342 g/mol. The maximum Gasteiger partial charge on any atom is 0.257 e. The first-order valence-corrected chi connectivity index (χ1v) is 9.05. The van der Waals surface area contributed by atoms with Crippen molar-refractivity contribution in [3.8, 4) is 11.4 Å². The molecule has 1 aromatic carbocycles. The van der Waals surface area contributed by atoms with Crippen LogP contribution in [0.3, 0.4) is 0 Å². The Balaban J connectivity index is 1.39. The second-order valence-electron chi connectivity index (χ2n) is 6.84. The number of H-pyrrole nitrogens is 1. The van der Waals surface area contributed by atoms with Gasteiger partial charge in [-0.2, -0.15) is 5.21 Å². The van der Waals surface area contributed by atoms with Gasteiger partial charge in [-0.25, -0.2) is 4.98 Å². The molecule has 3 heterocycles. The molecule has 1 fully saturated rings. The first-order chi connectivity index (χ1) is 13.2. The van der Waals surface area contributed by atoms with Crippen LogP contribution in [0.1, 0.15) is 30.1 Å². The Hall–Kier alpha value is -3.29. The van der Waals surface area contributed by atoms with E-state index in [9.17, 15) is 4.79 Å². The van der Waals surface area contributed by atoms with Crippen LogP contribution < -0.4 is 10.2 Å². The minimum atomic E-state index is -0.186. The van der Waals surface area contributed by atoms with Gasteiger partial charge in [0.1, 0.15) is 5.82 Å². The van der Waals surface area contributed by atoms with Gasteiger partial charge in [0, 0.05) is 30.5 Å². The average Bonchev–Trinajstić information content (AvgIpc) is 3.24. The maximum atomic E-state index is 12.5. The van der Waals surface area contributed by atoms with Crippen molar-refractivity contribution in [2.75, 3.05) is 23.3 Å². The average molecular weight is 363 g/mol. The van der Waals surface area contributed by atoms with Crippen molar-refractivity contribution >= 4 is 17.4 Å². The SMILES string of the molecule is CC1CCN(c2ccc(C(=O)Nc3ccc(-c4nn[nH]n4)cc3)cn2)CC1. The number of piperidine rings is 1. The molecule has 0 bridgehead atoms. The Bertz CT molecular complexity index is 883. The number of amides is 1. The largest absolute Gasteiger partial charge is 0.357 e. The summed E-state index contributed by atoms with van der Waals surface area (Å²) in [5, 5.41) is 16.7. The number of nitrogens with zero attached hydrogens (tertiary/aromatic N) is 5. The quantitative estimate of drug-likeness (QED) is 0.739. The third-order valence-corrected chi connectivity index (χ3v) is 4.86. The van der Waals surface area contributed by atoms with Crippen LogP contribution in [0.2, 0.25) is 0 Å². The highest BCUT2D eigenvalue weighted by atomic mass is 16.1. The number of hydrogen-bond donors (Lipinski definition) is 2. The number of benzene rings is 1. The van der Waals surface area contributed by atoms with Gasteiger partial charge in [-0.05, 0) is 60.4 Å². The number of pyridine rings is 1. The van der Waals surface area contributed by atoms with Gasteiger partial charge in [0.15, 0.2) is 0 Å². The van der Waals surface area contributed by atoms with E-state index in [0.717, 1.165) is 30.4 Å². The van der Waals surface area contributed by atoms with E-state index in [0.29, 0.717) is 17.1 Å². The van der Waals surface area contributed by atoms with Gasteiger partial charge >= 0.3 is 0 Å². The standard InChI is InChI=1S/C19H21N7O/c1-13-8-10-26(11-9-13)17-7-4-15(12-20-17)19(27)21-16-5-2-14(3-6-16)18-22-24-25-23-18/h2-7,12-13H,8-11H2,1H3,(H,21,27)(H,22,23,24,25). The number of carbonyl (C=O) groups excluding carboxylic acids is 1. The number of aromatic nitrogens is 5. The second kappa shape index (κ2) is 7.53. The molecule has 0 unspecified atom stereocenters. The Labute approximate surface area is 157 Å². The molecule has 8 heteroatoms. The Kier molecular flexibility index (Phi) is 4.78. The molecule has 1 aliphatic rings. The molecule has 0 saturated carbocycles. The number of rotatable bonds is 4. The van der Waals surface area contributed by atoms with E-state index in [1.165, 1.54) is 12.8 Å². The van der Waals surface area contributed by atoms with E-state index in [1.807, 2.05) is 24.3 Å². The van der Waals surface area contributed by atoms with Crippen molar-refractivity contribution in [3.63, 3.8) is 0 Å². The predicted octanol–water partition coefficient (Wildman–Crippen LogP) is 2.75. The van der Waals surface area contributed by atoms with Crippen molar-refractivity contribution in [3.05, 3.63) is 48.2 Å². The van der Waals surface area contributed by atoms with Gasteiger partial charge in [-0.1, -0.05) is 6.92 Å². The van der Waals surface area contributed by atoms with Gasteiger partial charge in [0.25, 0.3) is 5.91 Å². The molecule has 0 atom stereocenters. The van der Waals surface area contributed by atoms with E-state index < -0.39 is 0 Å². The van der Waals surface area contributed by atoms with E-state index in [1.54, 1.807) is 18.3 Å². The smallest absolute Gasteiger partial charge is 0.257 e. The minimum absolute atomic E-state index is 0.186. The molecule has 2 aromatic heterocycles. The second-order valence-corrected chi connectivity index (χ2v) is 6.84. The molecule has 3 aromatic rings. The van der Waals surface area contributed by atoms with Gasteiger partial charge < -0.3 is 10.2 Å². The fourth-order valence-electron chi connectivity index (χ4n) is 3.14. The summed E-state index contributed by atoms with van der Waals surface area (Å²) in [4.78, 5) is 19.2. The lowest BCUT2D eigenvalue weighted by atomic mass is 9.99. The molecule has 1 saturated heterocycles. The summed E-state index contributed by atoms with van der Waals surface area (Å²) in [5.74, 6) is 2.04. The Morgan fingerprint density at radius 3 is 2.56 bits per heavy atom. The molecule has 27 heavy (non-hydrogen) atoms. The third kappa shape index (κ3) is 3.94. The number of anilines is 2. The van der Waals surface area contributed by atoms with Crippen molar-refractivity contribution in [1.29, 1.82) is 0 Å². The Morgan fingerprint density at radius 1 is 1.15 bits per heavy atom. The number of hydrogen-bond acceptors (Lipinski definition) is 6.